The summed E-state index contributed by atoms with van der Waals surface area (Å²) in [4.78, 5) is 6.69. The fourth-order valence-corrected chi connectivity index (χ4v) is 5.37. The van der Waals surface area contributed by atoms with Crippen LogP contribution in [0.1, 0.15) is 0 Å². The first-order chi connectivity index (χ1) is 14.2. The van der Waals surface area contributed by atoms with Crippen LogP contribution in [0, 0.1) is 0 Å². The Morgan fingerprint density at radius 2 is 0.828 bits per heavy atom. The highest BCUT2D eigenvalue weighted by molar-refractivity contribution is 8.00. The lowest BCUT2D eigenvalue weighted by Gasteiger charge is -2.10. The molecule has 0 atom stereocenters. The Morgan fingerprint density at radius 3 is 1.21 bits per heavy atom. The van der Waals surface area contributed by atoms with E-state index < -0.39 is 0 Å². The van der Waals surface area contributed by atoms with Crippen molar-refractivity contribution in [1.29, 1.82) is 0 Å². The molecule has 0 aliphatic carbocycles. The number of benzene rings is 4. The van der Waals surface area contributed by atoms with Crippen molar-refractivity contribution in [2.75, 3.05) is 11.5 Å². The van der Waals surface area contributed by atoms with Crippen LogP contribution in [-0.4, -0.2) is 0 Å². The second-order valence-electron chi connectivity index (χ2n) is 6.33. The lowest BCUT2D eigenvalue weighted by Crippen LogP contribution is -1.90. The monoisotopic (exact) mass is 432 g/mol. The molecule has 0 saturated carbocycles. The van der Waals surface area contributed by atoms with Crippen LogP contribution in [0.3, 0.4) is 0 Å². The lowest BCUT2D eigenvalue weighted by molar-refractivity contribution is 1.31. The summed E-state index contributed by atoms with van der Waals surface area (Å²) >= 11 is 5.02. The number of hydrogen-bond donors (Lipinski definition) is 2. The van der Waals surface area contributed by atoms with Crippen molar-refractivity contribution in [2.45, 2.75) is 29.4 Å². The number of rotatable bonds is 6. The molecule has 4 aromatic carbocycles. The first-order valence-corrected chi connectivity index (χ1v) is 11.5. The van der Waals surface area contributed by atoms with Crippen LogP contribution >= 0.6 is 35.3 Å². The molecule has 0 bridgehead atoms. The number of anilines is 2. The van der Waals surface area contributed by atoms with E-state index in [-0.39, 0.29) is 0 Å². The normalized spacial score (nSPS) is 10.8. The Balaban J connectivity index is 1.46. The average Bonchev–Trinajstić information content (AvgIpc) is 2.74. The van der Waals surface area contributed by atoms with Crippen LogP contribution in [0.5, 0.6) is 0 Å². The zero-order chi connectivity index (χ0) is 20.1. The molecule has 0 aliphatic heterocycles. The van der Waals surface area contributed by atoms with Gasteiger partial charge in [0.15, 0.2) is 0 Å². The van der Waals surface area contributed by atoms with E-state index in [4.69, 9.17) is 11.5 Å². The van der Waals surface area contributed by atoms with Crippen molar-refractivity contribution in [3.63, 3.8) is 0 Å². The molecule has 0 aromatic heterocycles. The molecule has 29 heavy (non-hydrogen) atoms. The number of hydrogen-bond acceptors (Lipinski definition) is 5. The summed E-state index contributed by atoms with van der Waals surface area (Å²) in [5.74, 6) is 0. The molecule has 0 aliphatic rings. The SMILES string of the molecule is Nc1cc(Sc2ccc(Sc3ccccc3)c(N)c2)ccc1Sc1ccccc1. The van der Waals surface area contributed by atoms with E-state index in [0.717, 1.165) is 31.0 Å². The van der Waals surface area contributed by atoms with Crippen molar-refractivity contribution >= 4 is 46.7 Å². The molecule has 4 N–H and O–H groups in total. The van der Waals surface area contributed by atoms with Crippen LogP contribution < -0.4 is 11.5 Å². The van der Waals surface area contributed by atoms with E-state index >= 15 is 0 Å². The van der Waals surface area contributed by atoms with Gasteiger partial charge in [0.25, 0.3) is 0 Å². The average molecular weight is 433 g/mol. The maximum atomic E-state index is 6.30. The minimum atomic E-state index is 0.785. The van der Waals surface area contributed by atoms with E-state index in [0.29, 0.717) is 0 Å². The fourth-order valence-electron chi connectivity index (χ4n) is 2.73. The van der Waals surface area contributed by atoms with Gasteiger partial charge in [-0.05, 0) is 60.7 Å². The van der Waals surface area contributed by atoms with Gasteiger partial charge in [-0.25, -0.2) is 0 Å². The lowest BCUT2D eigenvalue weighted by atomic mass is 10.3. The minimum Gasteiger partial charge on any atom is -0.398 e. The van der Waals surface area contributed by atoms with E-state index in [1.165, 1.54) is 9.79 Å². The molecule has 2 nitrogen and oxygen atoms in total. The summed E-state index contributed by atoms with van der Waals surface area (Å²) in [5.41, 5.74) is 14.2. The van der Waals surface area contributed by atoms with Gasteiger partial charge in [0, 0.05) is 40.7 Å². The van der Waals surface area contributed by atoms with Gasteiger partial charge in [-0.3, -0.25) is 0 Å². The summed E-state index contributed by atoms with van der Waals surface area (Å²) < 4.78 is 0. The van der Waals surface area contributed by atoms with Crippen molar-refractivity contribution in [2.24, 2.45) is 0 Å². The third-order valence-corrected chi connectivity index (χ3v) is 7.32. The van der Waals surface area contributed by atoms with Gasteiger partial charge < -0.3 is 11.5 Å². The van der Waals surface area contributed by atoms with Gasteiger partial charge in [-0.1, -0.05) is 71.7 Å². The van der Waals surface area contributed by atoms with Crippen molar-refractivity contribution < 1.29 is 0 Å². The van der Waals surface area contributed by atoms with Gasteiger partial charge in [-0.15, -0.1) is 0 Å². The van der Waals surface area contributed by atoms with E-state index in [1.807, 2.05) is 48.5 Å². The largest absolute Gasteiger partial charge is 0.398 e. The van der Waals surface area contributed by atoms with E-state index in [9.17, 15) is 0 Å². The van der Waals surface area contributed by atoms with Crippen LogP contribution in [0.15, 0.2) is 126 Å². The highest BCUT2D eigenvalue weighted by atomic mass is 32.2. The molecular formula is C24H20N2S3. The Kier molecular flexibility index (Phi) is 6.39. The first-order valence-electron chi connectivity index (χ1n) is 9.10. The quantitative estimate of drug-likeness (QED) is 0.313. The Hall–Kier alpha value is -2.47. The third kappa shape index (κ3) is 5.32. The molecule has 0 unspecified atom stereocenters. The molecule has 144 valence electrons. The standard InChI is InChI=1S/C24H20N2S3/c25-21-15-19(11-13-23(21)28-17-7-3-1-4-8-17)27-20-12-14-24(22(26)16-20)29-18-9-5-2-6-10-18/h1-16H,25-26H2. The Morgan fingerprint density at radius 1 is 0.414 bits per heavy atom. The van der Waals surface area contributed by atoms with Gasteiger partial charge in [0.2, 0.25) is 0 Å². The highest BCUT2D eigenvalue weighted by Crippen LogP contribution is 2.39. The molecule has 0 spiro atoms. The number of nitrogens with two attached hydrogens (primary N) is 2. The van der Waals surface area contributed by atoms with Crippen LogP contribution in [0.25, 0.3) is 0 Å². The summed E-state index contributed by atoms with van der Waals surface area (Å²) in [7, 11) is 0. The van der Waals surface area contributed by atoms with Crippen LogP contribution in [0.2, 0.25) is 0 Å². The van der Waals surface area contributed by atoms with Gasteiger partial charge in [0.1, 0.15) is 0 Å². The van der Waals surface area contributed by atoms with E-state index in [1.54, 1.807) is 35.3 Å². The highest BCUT2D eigenvalue weighted by Gasteiger charge is 2.07. The molecule has 4 aromatic rings. The molecule has 0 heterocycles. The summed E-state index contributed by atoms with van der Waals surface area (Å²) in [5, 5.41) is 0. The van der Waals surface area contributed by atoms with Crippen LogP contribution in [-0.2, 0) is 0 Å². The van der Waals surface area contributed by atoms with Gasteiger partial charge in [-0.2, -0.15) is 0 Å². The third-order valence-electron chi connectivity index (χ3n) is 4.14. The summed E-state index contributed by atoms with van der Waals surface area (Å²) in [6.07, 6.45) is 0. The van der Waals surface area contributed by atoms with Gasteiger partial charge in [0.05, 0.1) is 0 Å². The second-order valence-corrected chi connectivity index (χ2v) is 9.71. The zero-order valence-corrected chi connectivity index (χ0v) is 18.1. The Labute approximate surface area is 184 Å². The summed E-state index contributed by atoms with van der Waals surface area (Å²) in [6.45, 7) is 0. The van der Waals surface area contributed by atoms with Gasteiger partial charge >= 0.3 is 0 Å². The van der Waals surface area contributed by atoms with E-state index in [2.05, 4.69) is 48.5 Å². The van der Waals surface area contributed by atoms with Crippen LogP contribution in [0.4, 0.5) is 11.4 Å². The predicted octanol–water partition coefficient (Wildman–Crippen LogP) is 7.30. The topological polar surface area (TPSA) is 52.0 Å². The second kappa shape index (κ2) is 9.35. The van der Waals surface area contributed by atoms with Crippen molar-refractivity contribution in [3.05, 3.63) is 97.1 Å². The van der Waals surface area contributed by atoms with Crippen molar-refractivity contribution in [1.82, 2.24) is 0 Å². The minimum absolute atomic E-state index is 0.785. The smallest absolute Gasteiger partial charge is 0.0467 e. The molecule has 0 amide bonds. The maximum absolute atomic E-state index is 6.30. The molecule has 0 saturated heterocycles. The summed E-state index contributed by atoms with van der Waals surface area (Å²) in [6, 6.07) is 33.0. The Bertz CT molecular complexity index is 1010. The van der Waals surface area contributed by atoms with Crippen molar-refractivity contribution in [3.8, 4) is 0 Å². The molecule has 0 fully saturated rings. The fraction of sp³-hybridized carbons (Fsp3) is 0. The molecule has 5 heteroatoms. The predicted molar refractivity (Wildman–Crippen MR) is 127 cm³/mol. The molecule has 0 radical (unpaired) electrons. The number of nitrogen functional groups attached to an aromatic ring is 2. The zero-order valence-electron chi connectivity index (χ0n) is 15.6. The first kappa shape index (κ1) is 19.8. The molecule has 4 rings (SSSR count). The molecular weight excluding hydrogens is 412 g/mol. The maximum Gasteiger partial charge on any atom is 0.0467 e.